The molecule has 0 radical (unpaired) electrons. The van der Waals surface area contributed by atoms with Crippen molar-refractivity contribution < 1.29 is 25.6 Å². The van der Waals surface area contributed by atoms with Gasteiger partial charge >= 0.3 is 11.9 Å². The minimum absolute atomic E-state index is 0.0294. The maximum Gasteiger partial charge on any atom is 0.330 e. The van der Waals surface area contributed by atoms with Crippen LogP contribution in [0, 0.1) is 0 Å². The molecule has 0 saturated heterocycles. The number of ether oxygens (including phenoxy) is 1. The molecule has 0 aliphatic carbocycles. The molecule has 8 heteroatoms. The van der Waals surface area contributed by atoms with Crippen molar-refractivity contribution in [2.75, 3.05) is 0 Å². The second kappa shape index (κ2) is 8.11. The fraction of sp³-hybridized carbons (Fsp3) is 0.357. The lowest BCUT2D eigenvalue weighted by Crippen LogP contribution is -2.40. The van der Waals surface area contributed by atoms with Crippen LogP contribution in [0.2, 0.25) is 1.41 Å². The zero-order valence-corrected chi connectivity index (χ0v) is 11.8. The Morgan fingerprint density at radius 2 is 1.77 bits per heavy atom. The number of hydrogen-bond donors (Lipinski definition) is 4. The Balaban J connectivity index is 2.57. The van der Waals surface area contributed by atoms with Gasteiger partial charge < -0.3 is 27.0 Å². The van der Waals surface area contributed by atoms with Crippen LogP contribution in [0.4, 0.5) is 0 Å². The van der Waals surface area contributed by atoms with E-state index in [0.29, 0.717) is 5.56 Å². The summed E-state index contributed by atoms with van der Waals surface area (Å²) in [5.74, 6) is -2.48. The van der Waals surface area contributed by atoms with Crippen molar-refractivity contribution in [2.24, 2.45) is 17.2 Å². The SMILES string of the molecule is [2H]N[C@@H](Cc1ccc(O)cc1)C(=O)OC(=O)[C@@H](N)CCC(N)=O. The second-order valence-corrected chi connectivity index (χ2v) is 4.77. The molecule has 1 rings (SSSR count). The van der Waals surface area contributed by atoms with Crippen LogP contribution in [-0.2, 0) is 25.5 Å². The summed E-state index contributed by atoms with van der Waals surface area (Å²) in [4.78, 5) is 34.1. The quantitative estimate of drug-likeness (QED) is 0.351. The highest BCUT2D eigenvalue weighted by Gasteiger charge is 2.23. The first-order valence-corrected chi connectivity index (χ1v) is 6.58. The largest absolute Gasteiger partial charge is 0.508 e. The van der Waals surface area contributed by atoms with Crippen molar-refractivity contribution in [1.29, 1.82) is 0 Å². The number of nitrogens with two attached hydrogens (primary N) is 3. The molecule has 1 aromatic rings. The first-order valence-electron chi connectivity index (χ1n) is 7.08. The lowest BCUT2D eigenvalue weighted by molar-refractivity contribution is -0.161. The predicted octanol–water partition coefficient (Wildman–Crippen LogP) is -1.08. The number of benzene rings is 1. The van der Waals surface area contributed by atoms with Gasteiger partial charge in [0.25, 0.3) is 0 Å². The van der Waals surface area contributed by atoms with Gasteiger partial charge in [-0.2, -0.15) is 0 Å². The monoisotopic (exact) mass is 310 g/mol. The normalized spacial score (nSPS) is 13.8. The van der Waals surface area contributed by atoms with Crippen molar-refractivity contribution >= 4 is 17.8 Å². The van der Waals surface area contributed by atoms with Gasteiger partial charge in [0.1, 0.15) is 19.2 Å². The zero-order valence-electron chi connectivity index (χ0n) is 12.8. The first-order chi connectivity index (χ1) is 10.8. The van der Waals surface area contributed by atoms with E-state index in [-0.39, 0.29) is 25.0 Å². The van der Waals surface area contributed by atoms with Crippen LogP contribution in [0.5, 0.6) is 5.75 Å². The van der Waals surface area contributed by atoms with Crippen LogP contribution in [-0.4, -0.2) is 35.0 Å². The zero-order chi connectivity index (χ0) is 17.4. The summed E-state index contributed by atoms with van der Waals surface area (Å²) in [6.07, 6.45) is -0.0388. The predicted molar refractivity (Wildman–Crippen MR) is 77.3 cm³/mol. The van der Waals surface area contributed by atoms with E-state index in [2.05, 4.69) is 4.74 Å². The molecule has 0 aromatic heterocycles. The summed E-state index contributed by atoms with van der Waals surface area (Å²) in [6.45, 7) is 0. The average molecular weight is 310 g/mol. The summed E-state index contributed by atoms with van der Waals surface area (Å²) in [6, 6.07) is 3.80. The molecule has 2 atom stereocenters. The minimum Gasteiger partial charge on any atom is -0.508 e. The van der Waals surface area contributed by atoms with Gasteiger partial charge in [-0.15, -0.1) is 0 Å². The molecule has 0 saturated carbocycles. The third-order valence-electron chi connectivity index (χ3n) is 2.87. The Morgan fingerprint density at radius 1 is 1.18 bits per heavy atom. The molecule has 7 N–H and O–H groups in total. The van der Waals surface area contributed by atoms with Gasteiger partial charge in [-0.1, -0.05) is 12.1 Å². The van der Waals surface area contributed by atoms with E-state index in [0.717, 1.165) is 0 Å². The number of carbonyl (C=O) groups excluding carboxylic acids is 3. The van der Waals surface area contributed by atoms with Crippen molar-refractivity contribution in [3.8, 4) is 5.75 Å². The van der Waals surface area contributed by atoms with Gasteiger partial charge in [0, 0.05) is 6.42 Å². The molecular formula is C14H19N3O5. The van der Waals surface area contributed by atoms with E-state index in [1.165, 1.54) is 12.1 Å². The summed E-state index contributed by atoms with van der Waals surface area (Å²) >= 11 is 0. The van der Waals surface area contributed by atoms with E-state index >= 15 is 0 Å². The summed E-state index contributed by atoms with van der Waals surface area (Å²) in [5.41, 5.74) is 13.1. The van der Waals surface area contributed by atoms with Crippen LogP contribution >= 0.6 is 0 Å². The maximum absolute atomic E-state index is 11.9. The molecular weight excluding hydrogens is 290 g/mol. The Kier molecular flexibility index (Phi) is 5.87. The second-order valence-electron chi connectivity index (χ2n) is 4.77. The fourth-order valence-corrected chi connectivity index (χ4v) is 1.61. The maximum atomic E-state index is 11.9. The Bertz CT molecular complexity index is 564. The molecule has 120 valence electrons. The lowest BCUT2D eigenvalue weighted by Gasteiger charge is -2.13. The van der Waals surface area contributed by atoms with Crippen molar-refractivity contribution in [1.82, 2.24) is 0 Å². The average Bonchev–Trinajstić information content (AvgIpc) is 2.51. The molecule has 0 heterocycles. The number of phenolic OH excluding ortho intramolecular Hbond substituents is 1. The molecule has 22 heavy (non-hydrogen) atoms. The Hall–Kier alpha value is -2.45. The topological polar surface area (TPSA) is 159 Å². The first kappa shape index (κ1) is 15.9. The number of primary amides is 1. The molecule has 0 bridgehead atoms. The van der Waals surface area contributed by atoms with Crippen LogP contribution in [0.15, 0.2) is 24.3 Å². The van der Waals surface area contributed by atoms with Gasteiger partial charge in [-0.25, -0.2) is 9.59 Å². The molecule has 0 fully saturated rings. The number of phenols is 1. The van der Waals surface area contributed by atoms with E-state index in [4.69, 9.17) is 12.9 Å². The molecule has 0 aliphatic rings. The number of aromatic hydroxyl groups is 1. The standard InChI is InChI=1S/C14H19N3O5/c15-10(5-6-12(17)19)13(20)22-14(21)11(16)7-8-1-3-9(18)4-2-8/h1-4,10-11,18H,5-7,15-16H2,(H2,17,19)/t10-,11-/m0/s1/i/hD. The van der Waals surface area contributed by atoms with E-state index in [9.17, 15) is 19.5 Å². The van der Waals surface area contributed by atoms with E-state index in [1.807, 2.05) is 5.73 Å². The minimum atomic E-state index is -1.15. The summed E-state index contributed by atoms with van der Waals surface area (Å²) in [5, 5.41) is 9.19. The van der Waals surface area contributed by atoms with Crippen LogP contribution in [0.25, 0.3) is 0 Å². The van der Waals surface area contributed by atoms with Gasteiger partial charge in [0.2, 0.25) is 5.91 Å². The smallest absolute Gasteiger partial charge is 0.330 e. The molecule has 8 nitrogen and oxygen atoms in total. The number of amides is 1. The van der Waals surface area contributed by atoms with Gasteiger partial charge in [0.15, 0.2) is 0 Å². The molecule has 0 unspecified atom stereocenters. The lowest BCUT2D eigenvalue weighted by atomic mass is 10.1. The third-order valence-corrected chi connectivity index (χ3v) is 2.87. The van der Waals surface area contributed by atoms with Crippen molar-refractivity contribution in [3.63, 3.8) is 0 Å². The molecule has 1 aromatic carbocycles. The fourth-order valence-electron chi connectivity index (χ4n) is 1.61. The van der Waals surface area contributed by atoms with Crippen molar-refractivity contribution in [3.05, 3.63) is 29.8 Å². The van der Waals surface area contributed by atoms with E-state index in [1.54, 1.807) is 12.1 Å². The summed E-state index contributed by atoms with van der Waals surface area (Å²) in [7, 11) is 0. The third kappa shape index (κ3) is 5.90. The van der Waals surface area contributed by atoms with Crippen LogP contribution in [0.1, 0.15) is 18.4 Å². The van der Waals surface area contributed by atoms with Gasteiger partial charge in [-0.05, 0) is 30.5 Å². The number of esters is 2. The number of rotatable bonds is 8. The number of carbonyl (C=O) groups is 3. The highest BCUT2D eigenvalue weighted by molar-refractivity contribution is 5.91. The van der Waals surface area contributed by atoms with Crippen LogP contribution < -0.4 is 17.2 Å². The molecule has 0 aliphatic heterocycles. The number of hydrogen-bond acceptors (Lipinski definition) is 7. The van der Waals surface area contributed by atoms with E-state index < -0.39 is 29.9 Å². The van der Waals surface area contributed by atoms with Gasteiger partial charge in [-0.3, -0.25) is 4.79 Å². The van der Waals surface area contributed by atoms with Crippen molar-refractivity contribution in [2.45, 2.75) is 31.3 Å². The van der Waals surface area contributed by atoms with Crippen LogP contribution in [0.3, 0.4) is 0 Å². The Morgan fingerprint density at radius 3 is 2.32 bits per heavy atom. The molecule has 0 spiro atoms. The molecule has 1 amide bonds. The van der Waals surface area contributed by atoms with Gasteiger partial charge in [0.05, 0.1) is 0 Å². The highest BCUT2D eigenvalue weighted by Crippen LogP contribution is 2.11. The summed E-state index contributed by atoms with van der Waals surface area (Å²) < 4.78 is 11.8. The Labute approximate surface area is 128 Å². The highest BCUT2D eigenvalue weighted by atomic mass is 16.6.